The minimum atomic E-state index is -2.55. The molecule has 1 atom stereocenters. The molecule has 7 heteroatoms. The normalized spacial score (nSPS) is 27.0. The molecule has 0 aromatic rings. The van der Waals surface area contributed by atoms with Crippen molar-refractivity contribution in [2.45, 2.75) is 49.8 Å². The van der Waals surface area contributed by atoms with E-state index in [2.05, 4.69) is 0 Å². The molecule has 0 bridgehead atoms. The molecule has 1 fully saturated rings. The first-order valence-electron chi connectivity index (χ1n) is 8.33. The summed E-state index contributed by atoms with van der Waals surface area (Å²) in [6.45, 7) is 1.86. The Morgan fingerprint density at radius 2 is 1.50 bits per heavy atom. The molecule has 6 N–H and O–H groups in total. The third-order valence-electron chi connectivity index (χ3n) is 5.62. The predicted molar refractivity (Wildman–Crippen MR) is 91.6 cm³/mol. The second-order valence-corrected chi connectivity index (χ2v) is 9.93. The number of hydrogen-bond acceptors (Lipinski definition) is 6. The average Bonchev–Trinajstić information content (AvgIpc) is 2.54. The highest BCUT2D eigenvalue weighted by molar-refractivity contribution is 6.71. The first-order chi connectivity index (χ1) is 10.6. The molecule has 0 spiro atoms. The third kappa shape index (κ3) is 3.13. The van der Waals surface area contributed by atoms with Crippen molar-refractivity contribution >= 4 is 8.56 Å². The van der Waals surface area contributed by atoms with Gasteiger partial charge in [0.25, 0.3) is 0 Å². The highest BCUT2D eigenvalue weighted by atomic mass is 28.4. The van der Waals surface area contributed by atoms with E-state index in [1.54, 1.807) is 21.3 Å². The van der Waals surface area contributed by atoms with Crippen molar-refractivity contribution in [1.29, 1.82) is 0 Å². The van der Waals surface area contributed by atoms with E-state index in [4.69, 9.17) is 30.8 Å². The topological polar surface area (TPSA) is 106 Å². The third-order valence-corrected chi connectivity index (χ3v) is 10.2. The molecule has 132 valence electrons. The van der Waals surface area contributed by atoms with Gasteiger partial charge in [-0.15, -0.1) is 0 Å². The van der Waals surface area contributed by atoms with Crippen LogP contribution in [0.4, 0.5) is 0 Å². The highest BCUT2D eigenvalue weighted by Gasteiger charge is 2.68. The predicted octanol–water partition coefficient (Wildman–Crippen LogP) is 0.863. The Hall–Kier alpha value is -0.0231. The molecule has 0 radical (unpaired) electrons. The number of methoxy groups -OCH3 is 1. The fraction of sp³-hybridized carbons (Fsp3) is 1.00. The SMILES string of the molecule is COC1(CCCN)C(CCN)(CCN)CCC[Si]1(OC)OC. The maximum Gasteiger partial charge on any atom is 0.371 e. The molecule has 6 nitrogen and oxygen atoms in total. The van der Waals surface area contributed by atoms with Crippen LogP contribution in [-0.4, -0.2) is 54.7 Å². The molecule has 0 aromatic carbocycles. The molecule has 1 unspecified atom stereocenters. The van der Waals surface area contributed by atoms with Crippen LogP contribution in [0.3, 0.4) is 0 Å². The monoisotopic (exact) mass is 333 g/mol. The first-order valence-corrected chi connectivity index (χ1v) is 10.4. The van der Waals surface area contributed by atoms with Gasteiger partial charge in [0.15, 0.2) is 0 Å². The molecule has 0 amide bonds. The minimum absolute atomic E-state index is 0.0864. The number of hydrogen-bond donors (Lipinski definition) is 3. The summed E-state index contributed by atoms with van der Waals surface area (Å²) in [6, 6.07) is 0.940. The summed E-state index contributed by atoms with van der Waals surface area (Å²) in [5.41, 5.74) is 17.6. The van der Waals surface area contributed by atoms with Crippen molar-refractivity contribution in [3.8, 4) is 0 Å². The molecular weight excluding hydrogens is 298 g/mol. The zero-order valence-corrected chi connectivity index (χ0v) is 15.5. The molecule has 1 aliphatic rings. The van der Waals surface area contributed by atoms with Crippen molar-refractivity contribution in [2.75, 3.05) is 41.0 Å². The summed E-state index contributed by atoms with van der Waals surface area (Å²) in [5.74, 6) is 0. The lowest BCUT2D eigenvalue weighted by atomic mass is 9.70. The van der Waals surface area contributed by atoms with Gasteiger partial charge in [-0.2, -0.15) is 0 Å². The first kappa shape index (κ1) is 20.0. The van der Waals surface area contributed by atoms with Gasteiger partial charge in [-0.3, -0.25) is 0 Å². The summed E-state index contributed by atoms with van der Waals surface area (Å²) in [4.78, 5) is 0. The van der Waals surface area contributed by atoms with E-state index in [9.17, 15) is 0 Å². The average molecular weight is 334 g/mol. The number of nitrogens with two attached hydrogens (primary N) is 3. The van der Waals surface area contributed by atoms with Crippen LogP contribution in [0.1, 0.15) is 38.5 Å². The molecule has 22 heavy (non-hydrogen) atoms. The largest absolute Gasteiger partial charge is 0.396 e. The Morgan fingerprint density at radius 1 is 0.909 bits per heavy atom. The molecule has 1 aliphatic heterocycles. The molecular formula is C15H35N3O3Si. The molecule has 0 aliphatic carbocycles. The van der Waals surface area contributed by atoms with Crippen LogP contribution in [0, 0.1) is 5.41 Å². The van der Waals surface area contributed by atoms with E-state index in [0.717, 1.165) is 44.6 Å². The molecule has 1 heterocycles. The lowest BCUT2D eigenvalue weighted by molar-refractivity contribution is -0.114. The van der Waals surface area contributed by atoms with Gasteiger partial charge in [-0.1, -0.05) is 6.42 Å². The lowest BCUT2D eigenvalue weighted by Gasteiger charge is -2.59. The summed E-state index contributed by atoms with van der Waals surface area (Å²) in [7, 11) is 2.75. The zero-order valence-electron chi connectivity index (χ0n) is 14.5. The number of rotatable bonds is 10. The summed E-state index contributed by atoms with van der Waals surface area (Å²) >= 11 is 0. The van der Waals surface area contributed by atoms with Gasteiger partial charge in [0.1, 0.15) is 5.22 Å². The highest BCUT2D eigenvalue weighted by Crippen LogP contribution is 2.56. The lowest BCUT2D eigenvalue weighted by Crippen LogP contribution is -2.73. The second kappa shape index (κ2) is 8.72. The second-order valence-electron chi connectivity index (χ2n) is 6.30. The van der Waals surface area contributed by atoms with Gasteiger partial charge in [0.2, 0.25) is 0 Å². The molecule has 1 rings (SSSR count). The zero-order chi connectivity index (χ0) is 16.7. The van der Waals surface area contributed by atoms with Gasteiger partial charge < -0.3 is 30.8 Å². The Balaban J connectivity index is 3.41. The van der Waals surface area contributed by atoms with Crippen molar-refractivity contribution in [3.63, 3.8) is 0 Å². The van der Waals surface area contributed by atoms with Crippen molar-refractivity contribution in [3.05, 3.63) is 0 Å². The smallest absolute Gasteiger partial charge is 0.371 e. The Kier molecular flexibility index (Phi) is 7.94. The van der Waals surface area contributed by atoms with Crippen LogP contribution >= 0.6 is 0 Å². The quantitative estimate of drug-likeness (QED) is 0.512. The van der Waals surface area contributed by atoms with Crippen molar-refractivity contribution in [1.82, 2.24) is 0 Å². The van der Waals surface area contributed by atoms with Crippen LogP contribution in [0.25, 0.3) is 0 Å². The maximum absolute atomic E-state index is 6.24. The summed E-state index contributed by atoms with van der Waals surface area (Å²) < 4.78 is 18.3. The van der Waals surface area contributed by atoms with Gasteiger partial charge in [0.05, 0.1) is 0 Å². The Labute approximate surface area is 136 Å². The van der Waals surface area contributed by atoms with Crippen LogP contribution in [0.5, 0.6) is 0 Å². The van der Waals surface area contributed by atoms with Gasteiger partial charge in [-0.25, -0.2) is 0 Å². The Morgan fingerprint density at radius 3 is 1.91 bits per heavy atom. The summed E-state index contributed by atoms with van der Waals surface area (Å²) in [6.07, 6.45) is 5.61. The standard InChI is InChI=1S/C15H35N3O3Si/c1-19-15(7-4-10-16)14(8-11-17,9-12-18)6-5-13-22(15,20-2)21-3/h4-13,16-18H2,1-3H3. The van der Waals surface area contributed by atoms with Crippen LogP contribution in [-0.2, 0) is 13.6 Å². The fourth-order valence-corrected chi connectivity index (χ4v) is 9.03. The number of ether oxygens (including phenoxy) is 1. The van der Waals surface area contributed by atoms with Gasteiger partial charge >= 0.3 is 8.56 Å². The van der Waals surface area contributed by atoms with Crippen LogP contribution < -0.4 is 17.2 Å². The van der Waals surface area contributed by atoms with Crippen molar-refractivity contribution < 1.29 is 13.6 Å². The van der Waals surface area contributed by atoms with E-state index in [-0.39, 0.29) is 5.41 Å². The summed E-state index contributed by atoms with van der Waals surface area (Å²) in [5, 5.41) is -0.445. The van der Waals surface area contributed by atoms with E-state index in [0.29, 0.717) is 19.6 Å². The molecule has 0 aromatic heterocycles. The van der Waals surface area contributed by atoms with E-state index >= 15 is 0 Å². The molecule has 0 saturated carbocycles. The van der Waals surface area contributed by atoms with E-state index in [1.807, 2.05) is 0 Å². The van der Waals surface area contributed by atoms with Crippen molar-refractivity contribution in [2.24, 2.45) is 22.6 Å². The molecule has 1 saturated heterocycles. The van der Waals surface area contributed by atoms with E-state index in [1.165, 1.54) is 0 Å². The Bertz CT molecular complexity index is 318. The van der Waals surface area contributed by atoms with Crippen LogP contribution in [0.2, 0.25) is 6.04 Å². The fourth-order valence-electron chi connectivity index (χ4n) is 4.70. The maximum atomic E-state index is 6.24. The van der Waals surface area contributed by atoms with Crippen LogP contribution in [0.15, 0.2) is 0 Å². The van der Waals surface area contributed by atoms with Gasteiger partial charge in [-0.05, 0) is 57.8 Å². The minimum Gasteiger partial charge on any atom is -0.396 e. The van der Waals surface area contributed by atoms with Gasteiger partial charge in [0, 0.05) is 26.7 Å². The van der Waals surface area contributed by atoms with E-state index < -0.39 is 13.8 Å².